The van der Waals surface area contributed by atoms with E-state index in [-0.39, 0.29) is 17.3 Å². The van der Waals surface area contributed by atoms with Crippen molar-refractivity contribution in [3.05, 3.63) is 142 Å². The first-order chi connectivity index (χ1) is 18.7. The fourth-order valence-corrected chi connectivity index (χ4v) is 5.70. The number of para-hydroxylation sites is 1. The van der Waals surface area contributed by atoms with E-state index in [2.05, 4.69) is 51.4 Å². The molecule has 0 spiro atoms. The maximum atomic E-state index is 14.6. The van der Waals surface area contributed by atoms with Gasteiger partial charge >= 0.3 is 0 Å². The maximum absolute atomic E-state index is 14.6. The molecule has 38 heavy (non-hydrogen) atoms. The average molecular weight is 502 g/mol. The molecule has 1 unspecified atom stereocenters. The highest BCUT2D eigenvalue weighted by Gasteiger charge is 2.30. The zero-order chi connectivity index (χ0) is 25.6. The van der Waals surface area contributed by atoms with Crippen LogP contribution in [0.3, 0.4) is 0 Å². The van der Waals surface area contributed by atoms with E-state index in [0.717, 1.165) is 24.0 Å². The molecule has 0 amide bonds. The minimum absolute atomic E-state index is 0.0651. The molecule has 2 aromatic carbocycles. The Morgan fingerprint density at radius 3 is 2.58 bits per heavy atom. The lowest BCUT2D eigenvalue weighted by molar-refractivity contribution is 0.205. The van der Waals surface area contributed by atoms with E-state index in [1.165, 1.54) is 27.4 Å². The molecule has 0 N–H and O–H groups in total. The molecule has 3 aliphatic rings. The lowest BCUT2D eigenvalue weighted by Crippen LogP contribution is -2.35. The topological polar surface area (TPSA) is 55.4 Å². The van der Waals surface area contributed by atoms with Gasteiger partial charge in [0.25, 0.3) is 5.56 Å². The van der Waals surface area contributed by atoms with Gasteiger partial charge in [-0.3, -0.25) is 19.1 Å². The molecule has 0 aliphatic carbocycles. The highest BCUT2D eigenvalue weighted by atomic mass is 19.1. The Labute approximate surface area is 218 Å². The number of hydrogen-bond donors (Lipinski definition) is 0. The SMILES string of the molecule is O=c1c2cc(CN3CCc4ccccc4C3c3ccncc3)c3ccccn3c-2nn1-c1ccccc1F. The lowest BCUT2D eigenvalue weighted by atomic mass is 9.88. The molecule has 6 nitrogen and oxygen atoms in total. The Kier molecular flexibility index (Phi) is 5.37. The third kappa shape index (κ3) is 3.63. The summed E-state index contributed by atoms with van der Waals surface area (Å²) in [5.41, 5.74) is 6.08. The molecule has 7 heteroatoms. The van der Waals surface area contributed by atoms with Crippen molar-refractivity contribution in [2.75, 3.05) is 6.54 Å². The fourth-order valence-electron chi connectivity index (χ4n) is 5.70. The van der Waals surface area contributed by atoms with Crippen molar-refractivity contribution in [2.24, 2.45) is 0 Å². The monoisotopic (exact) mass is 501 g/mol. The second kappa shape index (κ2) is 9.04. The Morgan fingerprint density at radius 2 is 1.71 bits per heavy atom. The summed E-state index contributed by atoms with van der Waals surface area (Å²) in [4.78, 5) is 20.2. The van der Waals surface area contributed by atoms with Gasteiger partial charge in [0.1, 0.15) is 11.5 Å². The van der Waals surface area contributed by atoms with Crippen molar-refractivity contribution in [2.45, 2.75) is 19.0 Å². The lowest BCUT2D eigenvalue weighted by Gasteiger charge is -2.38. The van der Waals surface area contributed by atoms with Crippen LogP contribution < -0.4 is 5.56 Å². The fraction of sp³-hybridized carbons (Fsp3) is 0.129. The van der Waals surface area contributed by atoms with Gasteiger partial charge in [0.2, 0.25) is 0 Å². The summed E-state index contributed by atoms with van der Waals surface area (Å²) >= 11 is 0. The zero-order valence-electron chi connectivity index (χ0n) is 20.5. The minimum Gasteiger partial charge on any atom is -0.299 e. The first-order valence-electron chi connectivity index (χ1n) is 12.7. The van der Waals surface area contributed by atoms with Crippen LogP contribution in [0.5, 0.6) is 0 Å². The summed E-state index contributed by atoms with van der Waals surface area (Å²) in [6, 6.07) is 26.9. The number of nitrogens with zero attached hydrogens (tertiary/aromatic N) is 5. The standard InChI is InChI=1S/C31H24FN5O/c32-26-9-3-4-11-28(26)37-31(38)25-19-23(27-10-5-6-17-36(27)30(25)34-37)20-35-18-14-21-7-1-2-8-24(21)29(35)22-12-15-33-16-13-22/h1-13,15-17,19,29H,14,18,20H2. The summed E-state index contributed by atoms with van der Waals surface area (Å²) in [5.74, 6) is 0.0198. The molecular formula is C31H24FN5O. The number of aromatic nitrogens is 4. The smallest absolute Gasteiger partial charge is 0.282 e. The number of fused-ring (bicyclic) bond motifs is 4. The number of hydrogen-bond acceptors (Lipinski definition) is 4. The van der Waals surface area contributed by atoms with E-state index in [1.54, 1.807) is 18.2 Å². The van der Waals surface area contributed by atoms with Crippen molar-refractivity contribution in [3.63, 3.8) is 0 Å². The summed E-state index contributed by atoms with van der Waals surface area (Å²) in [5, 5.41) is 4.56. The largest absolute Gasteiger partial charge is 0.299 e. The van der Waals surface area contributed by atoms with Gasteiger partial charge in [0.15, 0.2) is 5.82 Å². The molecule has 0 fully saturated rings. The molecule has 5 heterocycles. The van der Waals surface area contributed by atoms with Gasteiger partial charge in [-0.1, -0.05) is 42.5 Å². The van der Waals surface area contributed by atoms with Crippen LogP contribution >= 0.6 is 0 Å². The van der Waals surface area contributed by atoms with Gasteiger partial charge < -0.3 is 0 Å². The van der Waals surface area contributed by atoms with Gasteiger partial charge in [-0.05, 0) is 71.1 Å². The normalized spacial score (nSPS) is 15.7. The second-order valence-electron chi connectivity index (χ2n) is 9.63. The van der Waals surface area contributed by atoms with Crippen molar-refractivity contribution in [1.82, 2.24) is 24.1 Å². The summed E-state index contributed by atoms with van der Waals surface area (Å²) in [7, 11) is 0. The van der Waals surface area contributed by atoms with Crippen molar-refractivity contribution < 1.29 is 4.39 Å². The first-order valence-corrected chi connectivity index (χ1v) is 12.7. The number of benzene rings is 2. The van der Waals surface area contributed by atoms with E-state index >= 15 is 0 Å². The van der Waals surface area contributed by atoms with E-state index in [9.17, 15) is 9.18 Å². The van der Waals surface area contributed by atoms with Crippen LogP contribution in [0.1, 0.15) is 28.3 Å². The van der Waals surface area contributed by atoms with E-state index in [4.69, 9.17) is 0 Å². The van der Waals surface area contributed by atoms with Crippen LogP contribution in [-0.4, -0.2) is 30.6 Å². The molecule has 4 aromatic rings. The summed E-state index contributed by atoms with van der Waals surface area (Å²) < 4.78 is 17.7. The predicted octanol–water partition coefficient (Wildman–Crippen LogP) is 5.27. The van der Waals surface area contributed by atoms with Gasteiger partial charge in [-0.25, -0.2) is 4.39 Å². The summed E-state index contributed by atoms with van der Waals surface area (Å²) in [6.07, 6.45) is 6.53. The van der Waals surface area contributed by atoms with Crippen LogP contribution in [0.15, 0.2) is 108 Å². The van der Waals surface area contributed by atoms with Gasteiger partial charge in [-0.2, -0.15) is 4.68 Å². The predicted molar refractivity (Wildman–Crippen MR) is 144 cm³/mol. The van der Waals surface area contributed by atoms with Crippen LogP contribution in [0.4, 0.5) is 4.39 Å². The average Bonchev–Trinajstić information content (AvgIpc) is 3.29. The van der Waals surface area contributed by atoms with Gasteiger partial charge in [-0.15, -0.1) is 5.10 Å². The Balaban J connectivity index is 1.39. The van der Waals surface area contributed by atoms with E-state index < -0.39 is 5.82 Å². The molecule has 7 rings (SSSR count). The molecule has 2 aromatic heterocycles. The Hall–Kier alpha value is -4.62. The molecule has 1 atom stereocenters. The molecule has 0 radical (unpaired) electrons. The van der Waals surface area contributed by atoms with Gasteiger partial charge in [0.05, 0.1) is 17.1 Å². The van der Waals surface area contributed by atoms with E-state index in [1.807, 2.05) is 47.3 Å². The molecular weight excluding hydrogens is 477 g/mol. The minimum atomic E-state index is -0.487. The highest BCUT2D eigenvalue weighted by molar-refractivity contribution is 5.69. The third-order valence-corrected chi connectivity index (χ3v) is 7.45. The quantitative estimate of drug-likeness (QED) is 0.330. The maximum Gasteiger partial charge on any atom is 0.282 e. The zero-order valence-corrected chi connectivity index (χ0v) is 20.5. The second-order valence-corrected chi connectivity index (χ2v) is 9.63. The Bertz CT molecular complexity index is 1810. The molecule has 0 saturated heterocycles. The molecule has 0 saturated carbocycles. The van der Waals surface area contributed by atoms with Crippen molar-refractivity contribution in [3.8, 4) is 17.1 Å². The first kappa shape index (κ1) is 22.6. The summed E-state index contributed by atoms with van der Waals surface area (Å²) in [6.45, 7) is 1.51. The molecule has 186 valence electrons. The molecule has 3 aliphatic heterocycles. The van der Waals surface area contributed by atoms with E-state index in [0.29, 0.717) is 17.9 Å². The molecule has 0 bridgehead atoms. The van der Waals surface area contributed by atoms with Gasteiger partial charge in [0, 0.05) is 31.7 Å². The van der Waals surface area contributed by atoms with Crippen molar-refractivity contribution >= 4 is 5.52 Å². The van der Waals surface area contributed by atoms with Crippen LogP contribution in [0.2, 0.25) is 0 Å². The Morgan fingerprint density at radius 1 is 0.921 bits per heavy atom. The highest BCUT2D eigenvalue weighted by Crippen LogP contribution is 2.37. The number of pyridine rings is 3. The van der Waals surface area contributed by atoms with Crippen molar-refractivity contribution in [1.29, 1.82) is 0 Å². The van der Waals surface area contributed by atoms with Crippen LogP contribution in [0, 0.1) is 5.82 Å². The number of halogens is 1. The number of rotatable bonds is 4. The van der Waals surface area contributed by atoms with Crippen LogP contribution in [0.25, 0.3) is 22.6 Å². The third-order valence-electron chi connectivity index (χ3n) is 7.45. The van der Waals surface area contributed by atoms with Crippen LogP contribution in [-0.2, 0) is 13.0 Å².